The molecule has 3 aliphatic rings. The van der Waals surface area contributed by atoms with Crippen LogP contribution >= 0.6 is 27.5 Å². The maximum atomic E-state index is 12.6. The molecule has 0 spiro atoms. The van der Waals surface area contributed by atoms with Crippen molar-refractivity contribution < 1.29 is 23.9 Å². The summed E-state index contributed by atoms with van der Waals surface area (Å²) >= 11 is 9.33. The maximum absolute atomic E-state index is 12.6. The minimum atomic E-state index is -0.798. The second-order valence-corrected chi connectivity index (χ2v) is 8.81. The van der Waals surface area contributed by atoms with Crippen molar-refractivity contribution in [2.24, 2.45) is 23.7 Å². The number of halogens is 2. The van der Waals surface area contributed by atoms with Gasteiger partial charge in [-0.25, -0.2) is 0 Å². The minimum absolute atomic E-state index is 0.0780. The highest BCUT2D eigenvalue weighted by Gasteiger charge is 2.59. The Balaban J connectivity index is 1.31. The number of benzene rings is 1. The molecule has 2 fully saturated rings. The molecule has 3 amide bonds. The molecule has 1 N–H and O–H groups in total. The number of esters is 1. The van der Waals surface area contributed by atoms with Gasteiger partial charge in [0.15, 0.2) is 6.61 Å². The summed E-state index contributed by atoms with van der Waals surface area (Å²) < 4.78 is 5.67. The molecule has 0 unspecified atom stereocenters. The highest BCUT2D eigenvalue weighted by Crippen LogP contribution is 2.52. The fourth-order valence-corrected chi connectivity index (χ4v) is 5.03. The van der Waals surface area contributed by atoms with Gasteiger partial charge >= 0.3 is 5.97 Å². The number of hydrogen-bond donors (Lipinski definition) is 1. The molecule has 7 nitrogen and oxygen atoms in total. The summed E-state index contributed by atoms with van der Waals surface area (Å²) in [5, 5.41) is 3.05. The average molecular weight is 482 g/mol. The molecule has 0 aromatic heterocycles. The predicted octanol–water partition coefficient (Wildman–Crippen LogP) is 2.70. The normalized spacial score (nSPS) is 26.8. The molecule has 29 heavy (non-hydrogen) atoms. The number of fused-ring (bicyclic) bond motifs is 5. The van der Waals surface area contributed by atoms with Crippen LogP contribution in [0.1, 0.15) is 12.0 Å². The van der Waals surface area contributed by atoms with E-state index in [4.69, 9.17) is 16.3 Å². The third-order valence-corrected chi connectivity index (χ3v) is 6.95. The number of ether oxygens (including phenoxy) is 1. The van der Waals surface area contributed by atoms with E-state index >= 15 is 0 Å². The van der Waals surface area contributed by atoms with Gasteiger partial charge in [0.25, 0.3) is 5.91 Å². The van der Waals surface area contributed by atoms with E-state index in [0.29, 0.717) is 15.2 Å². The number of nitrogens with zero attached hydrogens (tertiary/aromatic N) is 1. The van der Waals surface area contributed by atoms with Crippen LogP contribution in [0.3, 0.4) is 0 Å². The first-order valence-corrected chi connectivity index (χ1v) is 10.4. The molecule has 0 radical (unpaired) electrons. The van der Waals surface area contributed by atoms with Crippen LogP contribution in [0, 0.1) is 30.6 Å². The van der Waals surface area contributed by atoms with Gasteiger partial charge in [-0.05, 0) is 58.8 Å². The van der Waals surface area contributed by atoms with Gasteiger partial charge < -0.3 is 10.1 Å². The minimum Gasteiger partial charge on any atom is -0.454 e. The molecule has 4 rings (SSSR count). The van der Waals surface area contributed by atoms with Crippen molar-refractivity contribution in [2.75, 3.05) is 18.5 Å². The van der Waals surface area contributed by atoms with Crippen molar-refractivity contribution in [1.29, 1.82) is 0 Å². The van der Waals surface area contributed by atoms with E-state index in [-0.39, 0.29) is 35.5 Å². The van der Waals surface area contributed by atoms with E-state index in [1.54, 1.807) is 19.1 Å². The molecule has 152 valence electrons. The maximum Gasteiger partial charge on any atom is 0.326 e. The zero-order valence-corrected chi connectivity index (χ0v) is 17.8. The second-order valence-electron chi connectivity index (χ2n) is 7.55. The van der Waals surface area contributed by atoms with Gasteiger partial charge in [-0.1, -0.05) is 23.8 Å². The topological polar surface area (TPSA) is 92.8 Å². The predicted molar refractivity (Wildman–Crippen MR) is 108 cm³/mol. The number of likely N-dealkylation sites (tertiary alicyclic amines) is 1. The highest BCUT2D eigenvalue weighted by atomic mass is 79.9. The summed E-state index contributed by atoms with van der Waals surface area (Å²) in [6.45, 7) is 0.800. The third kappa shape index (κ3) is 3.59. The monoisotopic (exact) mass is 480 g/mol. The van der Waals surface area contributed by atoms with Gasteiger partial charge in [0.2, 0.25) is 11.8 Å². The van der Waals surface area contributed by atoms with Crippen LogP contribution in [0.4, 0.5) is 5.69 Å². The van der Waals surface area contributed by atoms with E-state index < -0.39 is 25.0 Å². The van der Waals surface area contributed by atoms with Gasteiger partial charge in [-0.3, -0.25) is 24.1 Å². The summed E-state index contributed by atoms with van der Waals surface area (Å²) in [6, 6.07) is 3.34. The summed E-state index contributed by atoms with van der Waals surface area (Å²) in [7, 11) is 0. The zero-order chi connectivity index (χ0) is 20.9. The Morgan fingerprint density at radius 3 is 2.45 bits per heavy atom. The fraction of sp³-hybridized carbons (Fsp3) is 0.400. The van der Waals surface area contributed by atoms with E-state index in [0.717, 1.165) is 16.9 Å². The van der Waals surface area contributed by atoms with Crippen LogP contribution in [-0.4, -0.2) is 41.7 Å². The number of imide groups is 1. The van der Waals surface area contributed by atoms with Gasteiger partial charge in [-0.15, -0.1) is 0 Å². The first-order valence-electron chi connectivity index (χ1n) is 9.21. The number of carbonyl (C=O) groups is 4. The standard InChI is InChI=1S/C20H18BrClN2O5/c1-9-4-12(21)13(22)6-14(9)23-15(25)8-29-16(26)7-24-19(27)17-10-2-3-11(5-10)18(17)20(24)28/h2-4,6,10-11,17-18H,5,7-8H2,1H3,(H,23,25)/t10-,11-,17-,18-/m0/s1. The molecule has 4 atom stereocenters. The Morgan fingerprint density at radius 1 is 1.21 bits per heavy atom. The SMILES string of the molecule is Cc1cc(Br)c(Cl)cc1NC(=O)COC(=O)CN1C(=O)[C@@H]2[C@@H](C1=O)[C@H]1C=C[C@H]2C1. The summed E-state index contributed by atoms with van der Waals surface area (Å²) in [6.07, 6.45) is 4.80. The number of nitrogens with one attached hydrogen (secondary N) is 1. The lowest BCUT2D eigenvalue weighted by Gasteiger charge is -2.16. The van der Waals surface area contributed by atoms with Crippen LogP contribution < -0.4 is 5.32 Å². The lowest BCUT2D eigenvalue weighted by atomic mass is 9.85. The van der Waals surface area contributed by atoms with Crippen molar-refractivity contribution >= 4 is 56.9 Å². The molecular formula is C20H18BrClN2O5. The zero-order valence-electron chi connectivity index (χ0n) is 15.5. The number of hydrogen-bond acceptors (Lipinski definition) is 5. The lowest BCUT2D eigenvalue weighted by molar-refractivity contribution is -0.154. The molecule has 1 aliphatic heterocycles. The van der Waals surface area contributed by atoms with Crippen LogP contribution in [0.15, 0.2) is 28.8 Å². The van der Waals surface area contributed by atoms with Gasteiger partial charge in [-0.2, -0.15) is 0 Å². The van der Waals surface area contributed by atoms with Crippen molar-refractivity contribution in [2.45, 2.75) is 13.3 Å². The molecule has 1 aromatic rings. The Labute approximate surface area is 180 Å². The molecule has 2 aliphatic carbocycles. The van der Waals surface area contributed by atoms with Crippen molar-refractivity contribution in [3.63, 3.8) is 0 Å². The number of amides is 3. The van der Waals surface area contributed by atoms with E-state index in [1.807, 2.05) is 12.2 Å². The number of anilines is 1. The number of rotatable bonds is 5. The Kier molecular flexibility index (Phi) is 5.25. The summed E-state index contributed by atoms with van der Waals surface area (Å²) in [5.41, 5.74) is 1.28. The Morgan fingerprint density at radius 2 is 1.83 bits per heavy atom. The molecule has 1 saturated heterocycles. The van der Waals surface area contributed by atoms with Crippen molar-refractivity contribution in [1.82, 2.24) is 4.90 Å². The Bertz CT molecular complexity index is 932. The molecular weight excluding hydrogens is 464 g/mol. The smallest absolute Gasteiger partial charge is 0.326 e. The molecule has 2 bridgehead atoms. The molecule has 1 heterocycles. The van der Waals surface area contributed by atoms with Gasteiger partial charge in [0.1, 0.15) is 6.54 Å². The Hall–Kier alpha value is -2.19. The number of aryl methyl sites for hydroxylation is 1. The van der Waals surface area contributed by atoms with Crippen molar-refractivity contribution in [3.8, 4) is 0 Å². The van der Waals surface area contributed by atoms with E-state index in [9.17, 15) is 19.2 Å². The lowest BCUT2D eigenvalue weighted by Crippen LogP contribution is -2.38. The van der Waals surface area contributed by atoms with E-state index in [2.05, 4.69) is 21.2 Å². The van der Waals surface area contributed by atoms with Gasteiger partial charge in [0, 0.05) is 10.2 Å². The first kappa shape index (κ1) is 20.1. The molecule has 9 heteroatoms. The molecule has 1 aromatic carbocycles. The average Bonchev–Trinajstić information content (AvgIpc) is 3.34. The highest BCUT2D eigenvalue weighted by molar-refractivity contribution is 9.10. The van der Waals surface area contributed by atoms with Crippen LogP contribution in [0.25, 0.3) is 0 Å². The first-order chi connectivity index (χ1) is 13.8. The van der Waals surface area contributed by atoms with E-state index in [1.165, 1.54) is 0 Å². The van der Waals surface area contributed by atoms with Crippen LogP contribution in [0.5, 0.6) is 0 Å². The van der Waals surface area contributed by atoms with Gasteiger partial charge in [0.05, 0.1) is 16.9 Å². The van der Waals surface area contributed by atoms with Crippen LogP contribution in [-0.2, 0) is 23.9 Å². The summed E-state index contributed by atoms with van der Waals surface area (Å²) in [4.78, 5) is 50.3. The second kappa shape index (κ2) is 7.57. The molecule has 1 saturated carbocycles. The third-order valence-electron chi connectivity index (χ3n) is 5.75. The number of allylic oxidation sites excluding steroid dienone is 2. The number of carbonyl (C=O) groups excluding carboxylic acids is 4. The fourth-order valence-electron chi connectivity index (χ4n) is 4.41. The quantitative estimate of drug-likeness (QED) is 0.397. The largest absolute Gasteiger partial charge is 0.454 e. The summed E-state index contributed by atoms with van der Waals surface area (Å²) in [5.74, 6) is -2.55. The van der Waals surface area contributed by atoms with Crippen molar-refractivity contribution in [3.05, 3.63) is 39.3 Å². The van der Waals surface area contributed by atoms with Crippen LogP contribution in [0.2, 0.25) is 5.02 Å².